The molecule has 2 N–H and O–H groups in total. The molecular weight excluding hydrogens is 359 g/mol. The lowest BCUT2D eigenvalue weighted by Crippen LogP contribution is -2.32. The zero-order valence-corrected chi connectivity index (χ0v) is 14.9. The molecule has 0 aromatic carbocycles. The number of aryl methyl sites for hydroxylation is 2. The predicted molar refractivity (Wildman–Crippen MR) is 89.2 cm³/mol. The number of carboxylic acid groups (broad SMARTS) is 1. The van der Waals surface area contributed by atoms with E-state index in [0.717, 1.165) is 30.9 Å². The minimum Gasteiger partial charge on any atom is -0.475 e. The molecule has 1 aromatic rings. The Balaban J connectivity index is 0.000000381. The SMILES string of the molecule is CC(=O)SC1CCNCC1=Cc1cc(C)nn1C.O=C(O)C(F)(F)F. The molecule has 25 heavy (non-hydrogen) atoms. The second-order valence-electron chi connectivity index (χ2n) is 5.42. The van der Waals surface area contributed by atoms with Crippen LogP contribution in [0.1, 0.15) is 24.7 Å². The van der Waals surface area contributed by atoms with Crippen LogP contribution in [0, 0.1) is 6.92 Å². The molecule has 0 bridgehead atoms. The van der Waals surface area contributed by atoms with Crippen molar-refractivity contribution in [2.45, 2.75) is 31.7 Å². The van der Waals surface area contributed by atoms with Gasteiger partial charge in [-0.05, 0) is 37.6 Å². The summed E-state index contributed by atoms with van der Waals surface area (Å²) in [5.74, 6) is -2.76. The number of nitrogens with zero attached hydrogens (tertiary/aromatic N) is 2. The van der Waals surface area contributed by atoms with Crippen LogP contribution in [0.4, 0.5) is 13.2 Å². The number of carbonyl (C=O) groups is 2. The zero-order valence-electron chi connectivity index (χ0n) is 14.1. The molecule has 2 heterocycles. The average molecular weight is 379 g/mol. The molecule has 10 heteroatoms. The number of alkyl halides is 3. The second kappa shape index (κ2) is 9.04. The van der Waals surface area contributed by atoms with Crippen molar-refractivity contribution in [2.75, 3.05) is 13.1 Å². The van der Waals surface area contributed by atoms with Gasteiger partial charge in [0.25, 0.3) is 0 Å². The molecule has 1 aliphatic heterocycles. The summed E-state index contributed by atoms with van der Waals surface area (Å²) in [5, 5.41) is 15.3. The van der Waals surface area contributed by atoms with Gasteiger partial charge in [0.15, 0.2) is 5.12 Å². The third-order valence-corrected chi connectivity index (χ3v) is 4.40. The van der Waals surface area contributed by atoms with Gasteiger partial charge in [0.2, 0.25) is 0 Å². The quantitative estimate of drug-likeness (QED) is 0.821. The summed E-state index contributed by atoms with van der Waals surface area (Å²) in [6, 6.07) is 2.07. The molecule has 0 radical (unpaired) electrons. The fourth-order valence-electron chi connectivity index (χ4n) is 2.20. The zero-order chi connectivity index (χ0) is 19.2. The highest BCUT2D eigenvalue weighted by Gasteiger charge is 2.38. The summed E-state index contributed by atoms with van der Waals surface area (Å²) in [5.41, 5.74) is 3.40. The van der Waals surface area contributed by atoms with Crippen molar-refractivity contribution in [3.63, 3.8) is 0 Å². The molecule has 0 aliphatic carbocycles. The van der Waals surface area contributed by atoms with Crippen LogP contribution >= 0.6 is 11.8 Å². The molecule has 140 valence electrons. The van der Waals surface area contributed by atoms with E-state index in [2.05, 4.69) is 22.6 Å². The maximum atomic E-state index is 11.3. The Morgan fingerprint density at radius 1 is 1.48 bits per heavy atom. The number of halogens is 3. The first-order valence-corrected chi connectivity index (χ1v) is 8.27. The highest BCUT2D eigenvalue weighted by Crippen LogP contribution is 2.27. The van der Waals surface area contributed by atoms with Crippen molar-refractivity contribution in [2.24, 2.45) is 7.05 Å². The van der Waals surface area contributed by atoms with Crippen molar-refractivity contribution >= 4 is 28.9 Å². The van der Waals surface area contributed by atoms with E-state index in [0.29, 0.717) is 5.25 Å². The van der Waals surface area contributed by atoms with E-state index in [1.165, 1.54) is 17.3 Å². The average Bonchev–Trinajstić information content (AvgIpc) is 2.78. The molecule has 1 saturated heterocycles. The van der Waals surface area contributed by atoms with Crippen molar-refractivity contribution in [1.82, 2.24) is 15.1 Å². The van der Waals surface area contributed by atoms with Gasteiger partial charge < -0.3 is 10.4 Å². The molecule has 1 aromatic heterocycles. The van der Waals surface area contributed by atoms with E-state index < -0.39 is 12.1 Å². The minimum atomic E-state index is -5.08. The maximum absolute atomic E-state index is 11.3. The van der Waals surface area contributed by atoms with E-state index in [1.807, 2.05) is 18.7 Å². The lowest BCUT2D eigenvalue weighted by atomic mass is 10.0. The number of thioether (sulfide) groups is 1. The normalized spacial score (nSPS) is 19.3. The molecule has 1 aliphatic rings. The largest absolute Gasteiger partial charge is 0.490 e. The van der Waals surface area contributed by atoms with Gasteiger partial charge in [-0.2, -0.15) is 18.3 Å². The smallest absolute Gasteiger partial charge is 0.475 e. The number of hydrogen-bond donors (Lipinski definition) is 2. The fraction of sp³-hybridized carbons (Fsp3) is 0.533. The van der Waals surface area contributed by atoms with E-state index >= 15 is 0 Å². The summed E-state index contributed by atoms with van der Waals surface area (Å²) >= 11 is 1.44. The van der Waals surface area contributed by atoms with Crippen LogP contribution in [0.15, 0.2) is 11.6 Å². The molecule has 2 rings (SSSR count). The Morgan fingerprint density at radius 3 is 2.52 bits per heavy atom. The lowest BCUT2D eigenvalue weighted by Gasteiger charge is -2.24. The standard InChI is InChI=1S/C13H19N3OS.C2HF3O2/c1-9-6-12(16(3)15-9)7-11-8-14-5-4-13(11)18-10(2)17;3-2(4,5)1(6)7/h6-7,13-14H,4-5,8H2,1-3H3;(H,6,7). The second-order valence-corrected chi connectivity index (χ2v) is 6.80. The van der Waals surface area contributed by atoms with Crippen LogP contribution in [0.25, 0.3) is 6.08 Å². The number of aromatic nitrogens is 2. The molecule has 1 unspecified atom stereocenters. The van der Waals surface area contributed by atoms with Gasteiger partial charge in [0, 0.05) is 25.8 Å². The first kappa shape index (κ1) is 21.2. The minimum absolute atomic E-state index is 0.189. The van der Waals surface area contributed by atoms with Crippen molar-refractivity contribution in [1.29, 1.82) is 0 Å². The van der Waals surface area contributed by atoms with Crippen LogP contribution in [0.3, 0.4) is 0 Å². The Bertz CT molecular complexity index is 656. The van der Waals surface area contributed by atoms with Crippen LogP contribution < -0.4 is 5.32 Å². The molecule has 1 fully saturated rings. The van der Waals surface area contributed by atoms with E-state index in [9.17, 15) is 18.0 Å². The maximum Gasteiger partial charge on any atom is 0.490 e. The van der Waals surface area contributed by atoms with E-state index in [1.54, 1.807) is 6.92 Å². The molecule has 6 nitrogen and oxygen atoms in total. The number of carbonyl (C=O) groups excluding carboxylic acids is 1. The summed E-state index contributed by atoms with van der Waals surface area (Å²) in [7, 11) is 1.95. The Hall–Kier alpha value is -1.81. The molecule has 0 spiro atoms. The van der Waals surface area contributed by atoms with Gasteiger partial charge in [0.05, 0.1) is 11.4 Å². The third-order valence-electron chi connectivity index (χ3n) is 3.25. The Morgan fingerprint density at radius 2 is 2.08 bits per heavy atom. The summed E-state index contributed by atoms with van der Waals surface area (Å²) in [6.07, 6.45) is -1.92. The van der Waals surface area contributed by atoms with Gasteiger partial charge in [-0.3, -0.25) is 9.48 Å². The molecule has 1 atom stereocenters. The summed E-state index contributed by atoms with van der Waals surface area (Å²) in [4.78, 5) is 20.2. The van der Waals surface area contributed by atoms with E-state index in [4.69, 9.17) is 9.90 Å². The summed E-state index contributed by atoms with van der Waals surface area (Å²) in [6.45, 7) is 5.46. The van der Waals surface area contributed by atoms with Gasteiger partial charge >= 0.3 is 12.1 Å². The van der Waals surface area contributed by atoms with Gasteiger partial charge in [-0.1, -0.05) is 11.8 Å². The highest BCUT2D eigenvalue weighted by atomic mass is 32.2. The number of carboxylic acids is 1. The van der Waals surface area contributed by atoms with Crippen LogP contribution in [-0.4, -0.2) is 50.5 Å². The summed E-state index contributed by atoms with van der Waals surface area (Å²) < 4.78 is 33.6. The first-order valence-electron chi connectivity index (χ1n) is 7.40. The van der Waals surface area contributed by atoms with Gasteiger partial charge in [-0.25, -0.2) is 4.79 Å². The number of rotatable bonds is 2. The van der Waals surface area contributed by atoms with Gasteiger partial charge in [0.1, 0.15) is 0 Å². The predicted octanol–water partition coefficient (Wildman–Crippen LogP) is 2.39. The molecular formula is C15H20F3N3O3S. The Labute approximate surface area is 147 Å². The number of piperidine rings is 1. The van der Waals surface area contributed by atoms with Crippen molar-refractivity contribution in [3.8, 4) is 0 Å². The highest BCUT2D eigenvalue weighted by molar-refractivity contribution is 8.14. The Kier molecular flexibility index (Phi) is 7.68. The molecule has 0 saturated carbocycles. The van der Waals surface area contributed by atoms with Crippen LogP contribution in [0.2, 0.25) is 0 Å². The topological polar surface area (TPSA) is 84.2 Å². The lowest BCUT2D eigenvalue weighted by molar-refractivity contribution is -0.192. The van der Waals surface area contributed by atoms with Crippen LogP contribution in [-0.2, 0) is 16.6 Å². The monoisotopic (exact) mass is 379 g/mol. The van der Waals surface area contributed by atoms with Crippen molar-refractivity contribution in [3.05, 3.63) is 23.0 Å². The first-order chi connectivity index (χ1) is 11.5. The van der Waals surface area contributed by atoms with Gasteiger partial charge in [-0.15, -0.1) is 0 Å². The van der Waals surface area contributed by atoms with Crippen LogP contribution in [0.5, 0.6) is 0 Å². The third kappa shape index (κ3) is 7.30. The molecule has 0 amide bonds. The fourth-order valence-corrected chi connectivity index (χ4v) is 3.14. The number of nitrogens with one attached hydrogen (secondary N) is 1. The van der Waals surface area contributed by atoms with Crippen molar-refractivity contribution < 1.29 is 27.9 Å². The van der Waals surface area contributed by atoms with E-state index in [-0.39, 0.29) is 5.12 Å². The number of aliphatic carboxylic acids is 1. The number of hydrogen-bond acceptors (Lipinski definition) is 5.